The molecule has 0 saturated carbocycles. The Hall–Kier alpha value is -2.13. The molecule has 0 fully saturated rings. The number of hydrogen-bond acceptors (Lipinski definition) is 3. The zero-order valence-corrected chi connectivity index (χ0v) is 10.4. The number of hydrogen-bond donors (Lipinski definition) is 0. The second kappa shape index (κ2) is 5.98. The smallest absolute Gasteiger partial charge is 0.193 e. The lowest BCUT2D eigenvalue weighted by atomic mass is 10.0. The van der Waals surface area contributed by atoms with Crippen LogP contribution in [-0.4, -0.2) is 17.4 Å². The standard InChI is InChI=1S/C15H11NOS/c17-15(12-4-2-1-3-5-12)13-6-8-14(9-7-13)16-10-11-18/h1-11H. The lowest BCUT2D eigenvalue weighted by Gasteiger charge is -2.01. The topological polar surface area (TPSA) is 29.4 Å². The quantitative estimate of drug-likeness (QED) is 0.473. The van der Waals surface area contributed by atoms with E-state index in [2.05, 4.69) is 17.2 Å². The molecule has 88 valence electrons. The minimum Gasteiger partial charge on any atom is -0.289 e. The average molecular weight is 253 g/mol. The van der Waals surface area contributed by atoms with Crippen molar-refractivity contribution in [1.29, 1.82) is 0 Å². The summed E-state index contributed by atoms with van der Waals surface area (Å²) in [6, 6.07) is 16.3. The maximum Gasteiger partial charge on any atom is 0.193 e. The van der Waals surface area contributed by atoms with Crippen LogP contribution in [0.25, 0.3) is 0 Å². The van der Waals surface area contributed by atoms with Crippen LogP contribution in [0.2, 0.25) is 0 Å². The molecule has 2 aromatic rings. The van der Waals surface area contributed by atoms with Crippen molar-refractivity contribution >= 4 is 35.3 Å². The zero-order chi connectivity index (χ0) is 12.8. The fraction of sp³-hybridized carbons (Fsp3) is 0. The van der Waals surface area contributed by atoms with Crippen LogP contribution in [0.1, 0.15) is 15.9 Å². The van der Waals surface area contributed by atoms with E-state index >= 15 is 0 Å². The Kier molecular flexibility index (Phi) is 4.10. The molecule has 0 aliphatic carbocycles. The van der Waals surface area contributed by atoms with Crippen LogP contribution in [0.4, 0.5) is 5.69 Å². The van der Waals surface area contributed by atoms with Gasteiger partial charge in [-0.05, 0) is 24.3 Å². The van der Waals surface area contributed by atoms with Crippen LogP contribution >= 0.6 is 12.2 Å². The van der Waals surface area contributed by atoms with Crippen molar-refractivity contribution in [2.24, 2.45) is 4.99 Å². The normalized spacial score (nSPS) is 10.4. The van der Waals surface area contributed by atoms with Crippen LogP contribution < -0.4 is 0 Å². The van der Waals surface area contributed by atoms with Crippen molar-refractivity contribution in [3.63, 3.8) is 0 Å². The second-order valence-corrected chi connectivity index (χ2v) is 3.93. The summed E-state index contributed by atoms with van der Waals surface area (Å²) in [5.41, 5.74) is 2.12. The molecule has 0 spiro atoms. The van der Waals surface area contributed by atoms with Crippen LogP contribution in [0.3, 0.4) is 0 Å². The van der Waals surface area contributed by atoms with Gasteiger partial charge in [-0.2, -0.15) is 0 Å². The van der Waals surface area contributed by atoms with E-state index in [-0.39, 0.29) is 5.78 Å². The minimum atomic E-state index is 0.0148. The first kappa shape index (κ1) is 12.3. The van der Waals surface area contributed by atoms with Crippen LogP contribution in [0, 0.1) is 0 Å². The summed E-state index contributed by atoms with van der Waals surface area (Å²) in [6.07, 6.45) is 1.54. The van der Waals surface area contributed by atoms with Crippen molar-refractivity contribution in [2.45, 2.75) is 0 Å². The van der Waals surface area contributed by atoms with Gasteiger partial charge in [0.2, 0.25) is 0 Å². The highest BCUT2D eigenvalue weighted by molar-refractivity contribution is 7.80. The van der Waals surface area contributed by atoms with Gasteiger partial charge in [0, 0.05) is 22.7 Å². The molecular weight excluding hydrogens is 242 g/mol. The third-order valence-electron chi connectivity index (χ3n) is 2.45. The van der Waals surface area contributed by atoms with Crippen molar-refractivity contribution in [3.8, 4) is 0 Å². The van der Waals surface area contributed by atoms with E-state index in [9.17, 15) is 4.79 Å². The molecule has 0 saturated heterocycles. The number of ketones is 1. The van der Waals surface area contributed by atoms with Crippen LogP contribution in [-0.2, 0) is 0 Å². The van der Waals surface area contributed by atoms with Gasteiger partial charge < -0.3 is 0 Å². The zero-order valence-electron chi connectivity index (χ0n) is 9.61. The first-order valence-corrected chi connectivity index (χ1v) is 5.96. The molecule has 18 heavy (non-hydrogen) atoms. The predicted octanol–water partition coefficient (Wildman–Crippen LogP) is 3.62. The Labute approximate surface area is 111 Å². The monoisotopic (exact) mass is 253 g/mol. The first-order valence-electron chi connectivity index (χ1n) is 5.49. The SMILES string of the molecule is O=C(c1ccccc1)c1ccc(N=CC=S)cc1. The maximum atomic E-state index is 12.1. The van der Waals surface area contributed by atoms with Gasteiger partial charge in [-0.1, -0.05) is 42.5 Å². The van der Waals surface area contributed by atoms with E-state index < -0.39 is 0 Å². The predicted molar refractivity (Wildman–Crippen MR) is 78.1 cm³/mol. The van der Waals surface area contributed by atoms with Gasteiger partial charge >= 0.3 is 0 Å². The molecule has 3 heteroatoms. The van der Waals surface area contributed by atoms with Gasteiger partial charge in [-0.15, -0.1) is 0 Å². The Bertz CT molecular complexity index is 573. The van der Waals surface area contributed by atoms with E-state index in [1.807, 2.05) is 18.2 Å². The van der Waals surface area contributed by atoms with Crippen LogP contribution in [0.15, 0.2) is 59.6 Å². The van der Waals surface area contributed by atoms with Gasteiger partial charge in [-0.25, -0.2) is 0 Å². The van der Waals surface area contributed by atoms with Crippen molar-refractivity contribution < 1.29 is 4.79 Å². The van der Waals surface area contributed by atoms with Crippen molar-refractivity contribution in [3.05, 3.63) is 65.7 Å². The average Bonchev–Trinajstić information content (AvgIpc) is 2.46. The summed E-state index contributed by atoms with van der Waals surface area (Å²) in [6.45, 7) is 0. The number of nitrogens with zero attached hydrogens (tertiary/aromatic N) is 1. The minimum absolute atomic E-state index is 0.0148. The molecule has 0 bridgehead atoms. The van der Waals surface area contributed by atoms with Crippen molar-refractivity contribution in [2.75, 3.05) is 0 Å². The Balaban J connectivity index is 2.22. The summed E-state index contributed by atoms with van der Waals surface area (Å²) >= 11 is 4.65. The highest BCUT2D eigenvalue weighted by atomic mass is 32.1. The molecule has 0 heterocycles. The van der Waals surface area contributed by atoms with E-state index in [0.29, 0.717) is 11.1 Å². The summed E-state index contributed by atoms with van der Waals surface area (Å²) in [4.78, 5) is 16.2. The molecule has 0 aliphatic rings. The highest BCUT2D eigenvalue weighted by Crippen LogP contribution is 2.15. The van der Waals surface area contributed by atoms with Crippen LogP contribution in [0.5, 0.6) is 0 Å². The summed E-state index contributed by atoms with van der Waals surface area (Å²) in [5, 5.41) is 1.45. The number of rotatable bonds is 4. The molecule has 0 aliphatic heterocycles. The third kappa shape index (κ3) is 2.96. The number of carbonyl (C=O) groups excluding carboxylic acids is 1. The van der Waals surface area contributed by atoms with Gasteiger partial charge in [0.05, 0.1) is 5.69 Å². The van der Waals surface area contributed by atoms with E-state index in [0.717, 1.165) is 5.69 Å². The molecule has 0 N–H and O–H groups in total. The number of carbonyl (C=O) groups is 1. The van der Waals surface area contributed by atoms with Gasteiger partial charge in [-0.3, -0.25) is 9.79 Å². The third-order valence-corrected chi connectivity index (χ3v) is 2.57. The van der Waals surface area contributed by atoms with Gasteiger partial charge in [0.15, 0.2) is 5.78 Å². The van der Waals surface area contributed by atoms with Gasteiger partial charge in [0.25, 0.3) is 0 Å². The fourth-order valence-electron chi connectivity index (χ4n) is 1.57. The lowest BCUT2D eigenvalue weighted by molar-refractivity contribution is 0.103. The molecule has 0 unspecified atom stereocenters. The maximum absolute atomic E-state index is 12.1. The van der Waals surface area contributed by atoms with E-state index in [1.54, 1.807) is 42.6 Å². The molecule has 0 aromatic heterocycles. The number of benzene rings is 2. The highest BCUT2D eigenvalue weighted by Gasteiger charge is 2.07. The largest absolute Gasteiger partial charge is 0.289 e. The molecule has 2 aromatic carbocycles. The fourth-order valence-corrected chi connectivity index (χ4v) is 1.63. The molecule has 2 rings (SSSR count). The molecular formula is C15H11NOS. The Morgan fingerprint density at radius 3 is 2.17 bits per heavy atom. The number of thiocarbonyl (C=S) groups is 1. The number of aliphatic imine (C=N–C) groups is 1. The summed E-state index contributed by atoms with van der Waals surface area (Å²) in [5.74, 6) is 0.0148. The van der Waals surface area contributed by atoms with E-state index in [4.69, 9.17) is 0 Å². The Morgan fingerprint density at radius 1 is 0.944 bits per heavy atom. The molecule has 0 radical (unpaired) electrons. The van der Waals surface area contributed by atoms with E-state index in [1.165, 1.54) is 5.37 Å². The lowest BCUT2D eigenvalue weighted by Crippen LogP contribution is -1.99. The molecule has 0 atom stereocenters. The molecule has 0 amide bonds. The summed E-state index contributed by atoms with van der Waals surface area (Å²) < 4.78 is 0. The van der Waals surface area contributed by atoms with Crippen molar-refractivity contribution in [1.82, 2.24) is 0 Å². The summed E-state index contributed by atoms with van der Waals surface area (Å²) in [7, 11) is 0. The van der Waals surface area contributed by atoms with Gasteiger partial charge in [0.1, 0.15) is 0 Å². The first-order chi connectivity index (χ1) is 8.81. The molecule has 2 nitrogen and oxygen atoms in total. The second-order valence-electron chi connectivity index (χ2n) is 3.66. The Morgan fingerprint density at radius 2 is 1.56 bits per heavy atom.